The molecule has 2 aromatic carbocycles. The summed E-state index contributed by atoms with van der Waals surface area (Å²) in [4.78, 5) is 50.1. The van der Waals surface area contributed by atoms with Crippen molar-refractivity contribution in [3.8, 4) is 0 Å². The molecule has 38 heavy (non-hydrogen) atoms. The summed E-state index contributed by atoms with van der Waals surface area (Å²) in [7, 11) is 0. The molecule has 1 aliphatic heterocycles. The maximum Gasteiger partial charge on any atom is 0.326 e. The minimum atomic E-state index is -1.11. The molecule has 1 amide bonds. The summed E-state index contributed by atoms with van der Waals surface area (Å²) in [6.45, 7) is 0.388. The van der Waals surface area contributed by atoms with E-state index in [1.807, 2.05) is 54.6 Å². The number of aliphatic carboxylic acids is 3. The molecule has 3 atom stereocenters. The van der Waals surface area contributed by atoms with E-state index in [1.54, 1.807) is 0 Å². The lowest BCUT2D eigenvalue weighted by atomic mass is 9.92. The van der Waals surface area contributed by atoms with Gasteiger partial charge < -0.3 is 25.5 Å². The quantitative estimate of drug-likeness (QED) is 0.219. The number of hydrogen-bond donors (Lipinski definition) is 5. The first-order chi connectivity index (χ1) is 18.3. The molecule has 0 saturated carbocycles. The van der Waals surface area contributed by atoms with Crippen molar-refractivity contribution in [2.75, 3.05) is 13.1 Å². The van der Waals surface area contributed by atoms with Gasteiger partial charge in [-0.05, 0) is 48.9 Å². The number of fused-ring (bicyclic) bond motifs is 1. The molecule has 0 aliphatic carbocycles. The van der Waals surface area contributed by atoms with Crippen LogP contribution in [0.3, 0.4) is 0 Å². The second kappa shape index (κ2) is 14.3. The lowest BCUT2D eigenvalue weighted by Crippen LogP contribution is -2.57. The van der Waals surface area contributed by atoms with Gasteiger partial charge in [0.05, 0.1) is 12.6 Å². The molecule has 1 aliphatic rings. The van der Waals surface area contributed by atoms with Crippen LogP contribution in [0.5, 0.6) is 0 Å². The van der Waals surface area contributed by atoms with Crippen LogP contribution in [-0.2, 0) is 38.6 Å². The Morgan fingerprint density at radius 2 is 1.55 bits per heavy atom. The minimum Gasteiger partial charge on any atom is -0.480 e. The van der Waals surface area contributed by atoms with Gasteiger partial charge in [-0.15, -0.1) is 0 Å². The number of hydrogen-bond acceptors (Lipinski definition) is 6. The molecular weight excluding hydrogens is 490 g/mol. The zero-order chi connectivity index (χ0) is 27.5. The first kappa shape index (κ1) is 28.8. The molecule has 1 heterocycles. The number of carbonyl (C=O) groups excluding carboxylic acids is 1. The van der Waals surface area contributed by atoms with E-state index in [-0.39, 0.29) is 32.4 Å². The van der Waals surface area contributed by atoms with Gasteiger partial charge in [-0.25, -0.2) is 4.79 Å². The maximum atomic E-state index is 13.8. The number of carbonyl (C=O) groups is 4. The van der Waals surface area contributed by atoms with Crippen molar-refractivity contribution in [3.63, 3.8) is 0 Å². The molecule has 0 aromatic heterocycles. The summed E-state index contributed by atoms with van der Waals surface area (Å²) in [6.07, 6.45) is 2.32. The highest BCUT2D eigenvalue weighted by Gasteiger charge is 2.38. The van der Waals surface area contributed by atoms with Gasteiger partial charge in [-0.1, -0.05) is 61.0 Å². The Morgan fingerprint density at radius 1 is 0.868 bits per heavy atom. The second-order valence-corrected chi connectivity index (χ2v) is 9.49. The van der Waals surface area contributed by atoms with Gasteiger partial charge in [0, 0.05) is 13.0 Å². The van der Waals surface area contributed by atoms with Crippen molar-refractivity contribution in [2.24, 2.45) is 0 Å². The highest BCUT2D eigenvalue weighted by atomic mass is 16.4. The third-order valence-electron chi connectivity index (χ3n) is 6.75. The highest BCUT2D eigenvalue weighted by molar-refractivity contribution is 5.88. The molecule has 5 N–H and O–H groups in total. The maximum absolute atomic E-state index is 13.8. The summed E-state index contributed by atoms with van der Waals surface area (Å²) in [5.74, 6) is -3.60. The third kappa shape index (κ3) is 8.39. The van der Waals surface area contributed by atoms with E-state index >= 15 is 0 Å². The van der Waals surface area contributed by atoms with Crippen molar-refractivity contribution in [1.82, 2.24) is 15.5 Å². The van der Waals surface area contributed by atoms with Crippen LogP contribution in [0.25, 0.3) is 0 Å². The average Bonchev–Trinajstić information content (AvgIpc) is 2.90. The Bertz CT molecular complexity index is 1110. The number of nitrogens with one attached hydrogen (secondary N) is 2. The van der Waals surface area contributed by atoms with Crippen molar-refractivity contribution in [2.45, 2.75) is 63.2 Å². The summed E-state index contributed by atoms with van der Waals surface area (Å²) < 4.78 is 0. The average molecular weight is 526 g/mol. The molecule has 3 rings (SSSR count). The second-order valence-electron chi connectivity index (χ2n) is 9.49. The molecule has 10 nitrogen and oxygen atoms in total. The molecule has 2 aromatic rings. The van der Waals surface area contributed by atoms with Gasteiger partial charge in [-0.2, -0.15) is 0 Å². The Balaban J connectivity index is 1.75. The summed E-state index contributed by atoms with van der Waals surface area (Å²) in [5, 5.41) is 34.4. The van der Waals surface area contributed by atoms with Gasteiger partial charge in [0.1, 0.15) is 12.1 Å². The molecule has 0 spiro atoms. The Kier molecular flexibility index (Phi) is 10.8. The first-order valence-electron chi connectivity index (χ1n) is 12.8. The largest absolute Gasteiger partial charge is 0.480 e. The van der Waals surface area contributed by atoms with Crippen molar-refractivity contribution in [3.05, 3.63) is 71.3 Å². The number of aryl methyl sites for hydroxylation is 1. The topological polar surface area (TPSA) is 156 Å². The van der Waals surface area contributed by atoms with E-state index in [1.165, 1.54) is 4.90 Å². The summed E-state index contributed by atoms with van der Waals surface area (Å²) in [5.41, 5.74) is 2.73. The van der Waals surface area contributed by atoms with Crippen LogP contribution in [0.15, 0.2) is 54.6 Å². The van der Waals surface area contributed by atoms with E-state index < -0.39 is 41.9 Å². The molecular formula is C28H35N3O7. The van der Waals surface area contributed by atoms with E-state index in [0.29, 0.717) is 25.8 Å². The molecule has 2 unspecified atom stereocenters. The predicted octanol–water partition coefficient (Wildman–Crippen LogP) is 1.91. The van der Waals surface area contributed by atoms with Crippen LogP contribution in [0.2, 0.25) is 0 Å². The molecule has 10 heteroatoms. The lowest BCUT2D eigenvalue weighted by molar-refractivity contribution is -0.153. The van der Waals surface area contributed by atoms with E-state index in [9.17, 15) is 29.4 Å². The number of nitrogens with zero attached hydrogens (tertiary/aromatic N) is 1. The Morgan fingerprint density at radius 3 is 2.21 bits per heavy atom. The highest BCUT2D eigenvalue weighted by Crippen LogP contribution is 2.25. The van der Waals surface area contributed by atoms with Crippen LogP contribution < -0.4 is 10.6 Å². The van der Waals surface area contributed by atoms with Gasteiger partial charge in [0.2, 0.25) is 5.91 Å². The Labute approximate surface area is 221 Å². The predicted molar refractivity (Wildman–Crippen MR) is 140 cm³/mol. The minimum absolute atomic E-state index is 0.131. The van der Waals surface area contributed by atoms with Crippen molar-refractivity contribution >= 4 is 23.8 Å². The molecule has 0 radical (unpaired) electrons. The van der Waals surface area contributed by atoms with E-state index in [2.05, 4.69) is 10.6 Å². The van der Waals surface area contributed by atoms with Crippen LogP contribution >= 0.6 is 0 Å². The lowest BCUT2D eigenvalue weighted by Gasteiger charge is -2.37. The molecule has 0 saturated heterocycles. The monoisotopic (exact) mass is 525 g/mol. The van der Waals surface area contributed by atoms with Crippen molar-refractivity contribution in [1.29, 1.82) is 0 Å². The SMILES string of the molecule is O=C(O)CNCCCC[C@H](NC(CCc1ccccc1)C(=O)O)C(=O)N1Cc2ccccc2CC1C(=O)O. The van der Waals surface area contributed by atoms with Gasteiger partial charge in [0.25, 0.3) is 0 Å². The zero-order valence-corrected chi connectivity index (χ0v) is 21.2. The van der Waals surface area contributed by atoms with Gasteiger partial charge in [-0.3, -0.25) is 19.7 Å². The van der Waals surface area contributed by atoms with E-state index in [4.69, 9.17) is 5.11 Å². The Hall–Kier alpha value is -3.76. The van der Waals surface area contributed by atoms with Gasteiger partial charge in [0.15, 0.2) is 0 Å². The number of rotatable bonds is 15. The van der Waals surface area contributed by atoms with Crippen molar-refractivity contribution < 1.29 is 34.5 Å². The van der Waals surface area contributed by atoms with Gasteiger partial charge >= 0.3 is 17.9 Å². The number of carboxylic acid groups (broad SMARTS) is 3. The third-order valence-corrected chi connectivity index (χ3v) is 6.75. The molecule has 0 bridgehead atoms. The number of benzene rings is 2. The number of amides is 1. The fourth-order valence-electron chi connectivity index (χ4n) is 4.72. The molecule has 204 valence electrons. The van der Waals surface area contributed by atoms with E-state index in [0.717, 1.165) is 16.7 Å². The fourth-order valence-corrected chi connectivity index (χ4v) is 4.72. The van der Waals surface area contributed by atoms with Crippen LogP contribution in [-0.4, -0.2) is 75.2 Å². The fraction of sp³-hybridized carbons (Fsp3) is 0.429. The van der Waals surface area contributed by atoms with Crippen LogP contribution in [0.4, 0.5) is 0 Å². The normalized spacial score (nSPS) is 16.3. The standard InChI is InChI=1S/C28H35N3O7/c32-25(33)17-29-15-7-6-12-22(30-23(27(35)36)14-13-19-8-2-1-3-9-19)26(34)31-18-21-11-5-4-10-20(21)16-24(31)28(37)38/h1-5,8-11,22-24,29-30H,6-7,12-18H2,(H,32,33)(H,35,36)(H,37,38)/t22-,23?,24?/m0/s1. The molecule has 0 fully saturated rings. The summed E-state index contributed by atoms with van der Waals surface area (Å²) in [6, 6.07) is 13.9. The van der Waals surface area contributed by atoms with Crippen LogP contribution in [0.1, 0.15) is 42.4 Å². The smallest absolute Gasteiger partial charge is 0.326 e. The van der Waals surface area contributed by atoms with Crippen LogP contribution in [0, 0.1) is 0 Å². The number of carboxylic acids is 3. The first-order valence-corrected chi connectivity index (χ1v) is 12.8. The summed E-state index contributed by atoms with van der Waals surface area (Å²) >= 11 is 0. The zero-order valence-electron chi connectivity index (χ0n) is 21.2. The number of unbranched alkanes of at least 4 members (excludes halogenated alkanes) is 1.